The van der Waals surface area contributed by atoms with Gasteiger partial charge in [-0.25, -0.2) is 0 Å². The van der Waals surface area contributed by atoms with Crippen LogP contribution < -0.4 is 0 Å². The molecule has 4 nitrogen and oxygen atoms in total. The molecule has 0 radical (unpaired) electrons. The van der Waals surface area contributed by atoms with Gasteiger partial charge in [-0.1, -0.05) is 55.4 Å². The molecule has 0 amide bonds. The molecule has 0 aromatic carbocycles. The van der Waals surface area contributed by atoms with Crippen LogP contribution in [0.25, 0.3) is 0 Å². The topological polar surface area (TPSA) is 52.6 Å². The number of fused-ring (bicyclic) bond motifs is 1. The number of rotatable bonds is 3. The normalized spacial score (nSPS) is 39.9. The highest BCUT2D eigenvalue weighted by atomic mass is 16.7. The zero-order valence-corrected chi connectivity index (χ0v) is 19.5. The quantitative estimate of drug-likeness (QED) is 0.563. The van der Waals surface area contributed by atoms with Gasteiger partial charge < -0.3 is 9.47 Å². The molecule has 2 aliphatic carbocycles. The number of carbonyl (C=O) groups is 2. The first-order valence-electron chi connectivity index (χ1n) is 10.9. The Bertz CT molecular complexity index is 662. The number of carbonyl (C=O) groups excluding carboxylic acids is 2. The molecule has 4 rings (SSSR count). The van der Waals surface area contributed by atoms with E-state index in [9.17, 15) is 9.59 Å². The molecule has 2 aliphatic heterocycles. The van der Waals surface area contributed by atoms with E-state index in [1.165, 1.54) is 0 Å². The lowest BCUT2D eigenvalue weighted by Crippen LogP contribution is -2.54. The second kappa shape index (κ2) is 5.98. The van der Waals surface area contributed by atoms with Crippen molar-refractivity contribution in [3.05, 3.63) is 0 Å². The predicted octanol–water partition coefficient (Wildman–Crippen LogP) is 5.88. The lowest BCUT2D eigenvalue weighted by Gasteiger charge is -2.54. The maximum absolute atomic E-state index is 13.7. The highest BCUT2D eigenvalue weighted by Crippen LogP contribution is 2.64. The molecule has 2 saturated carbocycles. The molecule has 0 aromatic heterocycles. The molecule has 28 heavy (non-hydrogen) atoms. The van der Waals surface area contributed by atoms with Crippen LogP contribution in [0.4, 0.5) is 0 Å². The summed E-state index contributed by atoms with van der Waals surface area (Å²) in [4.78, 5) is 26.5. The highest BCUT2D eigenvalue weighted by molar-refractivity contribution is 5.79. The van der Waals surface area contributed by atoms with Gasteiger partial charge >= 0.3 is 11.9 Å². The van der Waals surface area contributed by atoms with Gasteiger partial charge in [-0.05, 0) is 54.3 Å². The van der Waals surface area contributed by atoms with Gasteiger partial charge in [0.2, 0.25) is 0 Å². The van der Waals surface area contributed by atoms with Gasteiger partial charge in [0.15, 0.2) is 0 Å². The van der Waals surface area contributed by atoms with Crippen molar-refractivity contribution in [2.24, 2.45) is 33.0 Å². The Balaban J connectivity index is 1.96. The van der Waals surface area contributed by atoms with E-state index in [2.05, 4.69) is 55.4 Å². The molecule has 4 heteroatoms. The first kappa shape index (κ1) is 21.6. The Labute approximate surface area is 171 Å². The van der Waals surface area contributed by atoms with E-state index in [1.807, 2.05) is 6.92 Å². The Hall–Kier alpha value is -1.06. The van der Waals surface area contributed by atoms with Gasteiger partial charge in [0.25, 0.3) is 5.79 Å². The molecule has 2 saturated heterocycles. The van der Waals surface area contributed by atoms with Gasteiger partial charge in [-0.3, -0.25) is 9.59 Å². The highest BCUT2D eigenvalue weighted by Gasteiger charge is 2.64. The standard InChI is InChI=1S/C24H40O4/c1-19(2,3)12-23(9,20(4,5)6)18(26)28-24-14-21(7)10-16(17(25)27-24)11-22(8,13-21)15-24/h16H,10-15H2,1-9H3. The number of esters is 2. The van der Waals surface area contributed by atoms with Crippen molar-refractivity contribution in [2.75, 3.05) is 0 Å². The van der Waals surface area contributed by atoms with Crippen LogP contribution in [-0.4, -0.2) is 17.7 Å². The van der Waals surface area contributed by atoms with Crippen LogP contribution >= 0.6 is 0 Å². The van der Waals surface area contributed by atoms with Gasteiger partial charge in [0, 0.05) is 12.8 Å². The van der Waals surface area contributed by atoms with Gasteiger partial charge in [-0.2, -0.15) is 0 Å². The van der Waals surface area contributed by atoms with Crippen molar-refractivity contribution in [1.29, 1.82) is 0 Å². The second-order valence-electron chi connectivity index (χ2n) is 13.3. The molecule has 4 aliphatic rings. The van der Waals surface area contributed by atoms with Crippen LogP contribution in [0.2, 0.25) is 0 Å². The van der Waals surface area contributed by atoms with Crippen molar-refractivity contribution >= 4 is 11.9 Å². The molecule has 4 fully saturated rings. The number of ether oxygens (including phenoxy) is 2. The molecule has 3 atom stereocenters. The average Bonchev–Trinajstić information content (AvgIpc) is 2.51. The third-order valence-electron chi connectivity index (χ3n) is 7.61. The van der Waals surface area contributed by atoms with Gasteiger partial charge in [-0.15, -0.1) is 0 Å². The Morgan fingerprint density at radius 3 is 1.93 bits per heavy atom. The summed E-state index contributed by atoms with van der Waals surface area (Å²) in [6.45, 7) is 19.2. The Morgan fingerprint density at radius 2 is 1.50 bits per heavy atom. The van der Waals surface area contributed by atoms with E-state index in [-0.39, 0.29) is 39.5 Å². The summed E-state index contributed by atoms with van der Waals surface area (Å²) in [5.41, 5.74) is -0.980. The minimum absolute atomic E-state index is 0.00941. The fraction of sp³-hybridized carbons (Fsp3) is 0.917. The molecule has 2 heterocycles. The van der Waals surface area contributed by atoms with Crippen LogP contribution in [0.5, 0.6) is 0 Å². The van der Waals surface area contributed by atoms with Crippen LogP contribution in [0.15, 0.2) is 0 Å². The molecule has 0 spiro atoms. The first-order chi connectivity index (χ1) is 12.4. The van der Waals surface area contributed by atoms with Crippen LogP contribution in [0.3, 0.4) is 0 Å². The summed E-state index contributed by atoms with van der Waals surface area (Å²) in [7, 11) is 0. The van der Waals surface area contributed by atoms with Crippen LogP contribution in [0, 0.1) is 33.0 Å². The molecule has 4 bridgehead atoms. The minimum Gasteiger partial charge on any atom is -0.422 e. The number of hydrogen-bond acceptors (Lipinski definition) is 4. The molecule has 0 aromatic rings. The first-order valence-corrected chi connectivity index (χ1v) is 10.9. The summed E-state index contributed by atoms with van der Waals surface area (Å²) in [5.74, 6) is -1.57. The van der Waals surface area contributed by atoms with Gasteiger partial charge in [0.05, 0.1) is 11.3 Å². The Morgan fingerprint density at radius 1 is 1.00 bits per heavy atom. The van der Waals surface area contributed by atoms with Crippen molar-refractivity contribution in [1.82, 2.24) is 0 Å². The smallest absolute Gasteiger partial charge is 0.315 e. The minimum atomic E-state index is -1.11. The van der Waals surface area contributed by atoms with E-state index < -0.39 is 11.2 Å². The summed E-state index contributed by atoms with van der Waals surface area (Å²) in [6.07, 6.45) is 4.73. The van der Waals surface area contributed by atoms with E-state index in [1.54, 1.807) is 0 Å². The SMILES string of the molecule is CC(C)(C)CC(C)(C(=O)OC12CC3(C)CC(CC(C)(C3)C1)C(=O)O2)C(C)(C)C. The number of hydrogen-bond donors (Lipinski definition) is 0. The van der Waals surface area contributed by atoms with E-state index in [4.69, 9.17) is 9.47 Å². The second-order valence-corrected chi connectivity index (χ2v) is 13.3. The third kappa shape index (κ3) is 3.73. The summed E-state index contributed by atoms with van der Waals surface area (Å²) in [6, 6.07) is 0. The van der Waals surface area contributed by atoms with Crippen molar-refractivity contribution in [3.63, 3.8) is 0 Å². The Kier molecular flexibility index (Phi) is 4.62. The molecule has 0 N–H and O–H groups in total. The van der Waals surface area contributed by atoms with E-state index in [0.29, 0.717) is 19.3 Å². The third-order valence-corrected chi connectivity index (χ3v) is 7.61. The van der Waals surface area contributed by atoms with E-state index in [0.717, 1.165) is 19.3 Å². The van der Waals surface area contributed by atoms with E-state index >= 15 is 0 Å². The van der Waals surface area contributed by atoms with Gasteiger partial charge in [0.1, 0.15) is 0 Å². The zero-order chi connectivity index (χ0) is 21.4. The average molecular weight is 393 g/mol. The van der Waals surface area contributed by atoms with Crippen molar-refractivity contribution in [3.8, 4) is 0 Å². The molecular weight excluding hydrogens is 352 g/mol. The van der Waals surface area contributed by atoms with Crippen molar-refractivity contribution in [2.45, 2.75) is 107 Å². The lowest BCUT2D eigenvalue weighted by atomic mass is 9.53. The van der Waals surface area contributed by atoms with Crippen LogP contribution in [0.1, 0.15) is 101 Å². The molecular formula is C24H40O4. The summed E-state index contributed by atoms with van der Waals surface area (Å²) in [5, 5.41) is 0. The zero-order valence-electron chi connectivity index (χ0n) is 19.5. The monoisotopic (exact) mass is 392 g/mol. The molecule has 160 valence electrons. The fourth-order valence-electron chi connectivity index (χ4n) is 6.65. The summed E-state index contributed by atoms with van der Waals surface area (Å²) >= 11 is 0. The molecule has 3 unspecified atom stereocenters. The van der Waals surface area contributed by atoms with Crippen molar-refractivity contribution < 1.29 is 19.1 Å². The summed E-state index contributed by atoms with van der Waals surface area (Å²) < 4.78 is 12.3. The predicted molar refractivity (Wildman–Crippen MR) is 109 cm³/mol. The lowest BCUT2D eigenvalue weighted by molar-refractivity contribution is -0.263. The fourth-order valence-corrected chi connectivity index (χ4v) is 6.65. The maximum atomic E-state index is 13.7. The maximum Gasteiger partial charge on any atom is 0.315 e. The van der Waals surface area contributed by atoms with Crippen LogP contribution in [-0.2, 0) is 19.1 Å². The largest absolute Gasteiger partial charge is 0.422 e.